The quantitative estimate of drug-likeness (QED) is 0.760. The second kappa shape index (κ2) is 5.16. The topological polar surface area (TPSA) is 57.8 Å². The van der Waals surface area contributed by atoms with Crippen LogP contribution in [0, 0.1) is 0 Å². The smallest absolute Gasteiger partial charge is 0.290 e. The molecule has 5 heteroatoms. The summed E-state index contributed by atoms with van der Waals surface area (Å²) < 4.78 is 0. The molecule has 84 valence electrons. The highest BCUT2D eigenvalue weighted by molar-refractivity contribution is 6.17. The zero-order valence-electron chi connectivity index (χ0n) is 9.01. The summed E-state index contributed by atoms with van der Waals surface area (Å²) in [4.78, 5) is 18.0. The van der Waals surface area contributed by atoms with Crippen LogP contribution in [0.15, 0.2) is 17.2 Å². The van der Waals surface area contributed by atoms with Crippen molar-refractivity contribution in [1.29, 1.82) is 0 Å². The van der Waals surface area contributed by atoms with Crippen LogP contribution in [-0.4, -0.2) is 21.4 Å². The molecule has 0 aromatic carbocycles. The fraction of sp³-hybridized carbons (Fsp3) is 0.600. The van der Waals surface area contributed by atoms with Gasteiger partial charge in [0, 0.05) is 23.8 Å². The first-order valence-corrected chi connectivity index (χ1v) is 5.52. The van der Waals surface area contributed by atoms with E-state index in [2.05, 4.69) is 22.2 Å². The summed E-state index contributed by atoms with van der Waals surface area (Å²) in [6.07, 6.45) is 4.75. The van der Waals surface area contributed by atoms with Crippen LogP contribution in [0.5, 0.6) is 0 Å². The molecule has 1 atom stereocenters. The zero-order valence-corrected chi connectivity index (χ0v) is 9.77. The van der Waals surface area contributed by atoms with Gasteiger partial charge in [-0.25, -0.2) is 4.98 Å². The van der Waals surface area contributed by atoms with Crippen molar-refractivity contribution >= 4 is 17.4 Å². The monoisotopic (exact) mass is 229 g/mol. The summed E-state index contributed by atoms with van der Waals surface area (Å²) in [6.45, 7) is 4.08. The van der Waals surface area contributed by atoms with Gasteiger partial charge in [0.15, 0.2) is 5.82 Å². The van der Waals surface area contributed by atoms with Crippen molar-refractivity contribution in [2.45, 2.75) is 32.2 Å². The van der Waals surface area contributed by atoms with Crippen LogP contribution in [0.25, 0.3) is 0 Å². The summed E-state index contributed by atoms with van der Waals surface area (Å²) in [5.41, 5.74) is -0.380. The molecule has 0 saturated heterocycles. The Morgan fingerprint density at radius 2 is 2.40 bits per heavy atom. The maximum atomic E-state index is 11.4. The second-order valence-electron chi connectivity index (χ2n) is 3.75. The highest BCUT2D eigenvalue weighted by Gasteiger charge is 2.22. The van der Waals surface area contributed by atoms with E-state index in [-0.39, 0.29) is 11.1 Å². The minimum absolute atomic E-state index is 0.177. The number of hydrogen-bond donors (Lipinski definition) is 2. The van der Waals surface area contributed by atoms with Crippen molar-refractivity contribution in [3.05, 3.63) is 22.7 Å². The number of anilines is 1. The number of aromatic amines is 1. The standard InChI is InChI=1S/C10H16ClN3O/c1-3-10(2,4-5-11)14-8-9(15)13-7-6-12-8/h6-7H,3-5H2,1-2H3,(H,12,14)(H,13,15). The van der Waals surface area contributed by atoms with Gasteiger partial charge in [-0.2, -0.15) is 0 Å². The summed E-state index contributed by atoms with van der Waals surface area (Å²) >= 11 is 5.72. The molecule has 15 heavy (non-hydrogen) atoms. The van der Waals surface area contributed by atoms with Gasteiger partial charge in [-0.3, -0.25) is 4.79 Å². The van der Waals surface area contributed by atoms with E-state index < -0.39 is 0 Å². The Hall–Kier alpha value is -1.03. The number of nitrogens with zero attached hydrogens (tertiary/aromatic N) is 1. The first-order valence-electron chi connectivity index (χ1n) is 4.99. The lowest BCUT2D eigenvalue weighted by molar-refractivity contribution is 0.478. The molecule has 0 bridgehead atoms. The molecule has 1 heterocycles. The van der Waals surface area contributed by atoms with Gasteiger partial charge in [-0.15, -0.1) is 11.6 Å². The summed E-state index contributed by atoms with van der Waals surface area (Å²) in [5.74, 6) is 0.911. The van der Waals surface area contributed by atoms with Crippen molar-refractivity contribution in [1.82, 2.24) is 9.97 Å². The van der Waals surface area contributed by atoms with Crippen molar-refractivity contribution in [2.24, 2.45) is 0 Å². The summed E-state index contributed by atoms with van der Waals surface area (Å²) in [7, 11) is 0. The maximum absolute atomic E-state index is 11.4. The first kappa shape index (κ1) is 12.0. The molecule has 0 amide bonds. The van der Waals surface area contributed by atoms with Gasteiger partial charge in [0.25, 0.3) is 5.56 Å². The molecule has 1 unspecified atom stereocenters. The summed E-state index contributed by atoms with van der Waals surface area (Å²) in [6, 6.07) is 0. The van der Waals surface area contributed by atoms with Gasteiger partial charge in [0.1, 0.15) is 0 Å². The van der Waals surface area contributed by atoms with Crippen molar-refractivity contribution in [3.8, 4) is 0 Å². The molecule has 0 aliphatic carbocycles. The molecule has 0 spiro atoms. The van der Waals surface area contributed by atoms with Crippen LogP contribution in [0.1, 0.15) is 26.7 Å². The molecule has 0 fully saturated rings. The Bertz CT molecular complexity index is 366. The van der Waals surface area contributed by atoms with E-state index in [1.807, 2.05) is 6.92 Å². The fourth-order valence-electron chi connectivity index (χ4n) is 1.26. The van der Waals surface area contributed by atoms with Crippen LogP contribution in [0.3, 0.4) is 0 Å². The van der Waals surface area contributed by atoms with Gasteiger partial charge in [-0.1, -0.05) is 6.92 Å². The number of aromatic nitrogens is 2. The van der Waals surface area contributed by atoms with Gasteiger partial charge >= 0.3 is 0 Å². The van der Waals surface area contributed by atoms with Crippen molar-refractivity contribution < 1.29 is 0 Å². The predicted octanol–water partition coefficient (Wildman–Crippen LogP) is 1.98. The lowest BCUT2D eigenvalue weighted by atomic mass is 9.95. The predicted molar refractivity (Wildman–Crippen MR) is 62.5 cm³/mol. The number of rotatable bonds is 5. The third-order valence-corrected chi connectivity index (χ3v) is 2.74. The zero-order chi connectivity index (χ0) is 11.3. The summed E-state index contributed by atoms with van der Waals surface area (Å²) in [5, 5.41) is 3.13. The van der Waals surface area contributed by atoms with Crippen LogP contribution in [-0.2, 0) is 0 Å². The van der Waals surface area contributed by atoms with E-state index in [0.29, 0.717) is 11.7 Å². The third kappa shape index (κ3) is 3.23. The van der Waals surface area contributed by atoms with E-state index in [9.17, 15) is 4.79 Å². The molecule has 0 aliphatic rings. The lowest BCUT2D eigenvalue weighted by Crippen LogP contribution is -2.37. The number of hydrogen-bond acceptors (Lipinski definition) is 3. The minimum Gasteiger partial charge on any atom is -0.360 e. The Morgan fingerprint density at radius 3 is 2.93 bits per heavy atom. The van der Waals surface area contributed by atoms with Crippen molar-refractivity contribution in [2.75, 3.05) is 11.2 Å². The largest absolute Gasteiger partial charge is 0.360 e. The van der Waals surface area contributed by atoms with E-state index in [1.165, 1.54) is 6.20 Å². The van der Waals surface area contributed by atoms with Gasteiger partial charge in [0.05, 0.1) is 0 Å². The molecule has 0 saturated carbocycles. The molecule has 1 aromatic heterocycles. The van der Waals surface area contributed by atoms with E-state index in [4.69, 9.17) is 11.6 Å². The van der Waals surface area contributed by atoms with Crippen LogP contribution in [0.4, 0.5) is 5.82 Å². The van der Waals surface area contributed by atoms with Crippen LogP contribution >= 0.6 is 11.6 Å². The highest BCUT2D eigenvalue weighted by atomic mass is 35.5. The lowest BCUT2D eigenvalue weighted by Gasteiger charge is -2.28. The second-order valence-corrected chi connectivity index (χ2v) is 4.12. The van der Waals surface area contributed by atoms with E-state index >= 15 is 0 Å². The molecule has 2 N–H and O–H groups in total. The number of halogens is 1. The number of alkyl halides is 1. The Labute approximate surface area is 94.1 Å². The average Bonchev–Trinajstić information content (AvgIpc) is 2.22. The molecule has 0 aliphatic heterocycles. The van der Waals surface area contributed by atoms with Gasteiger partial charge in [-0.05, 0) is 19.8 Å². The number of H-pyrrole nitrogens is 1. The van der Waals surface area contributed by atoms with E-state index in [0.717, 1.165) is 12.8 Å². The molecule has 1 aromatic rings. The molecule has 4 nitrogen and oxygen atoms in total. The highest BCUT2D eigenvalue weighted by Crippen LogP contribution is 2.19. The van der Waals surface area contributed by atoms with Crippen molar-refractivity contribution in [3.63, 3.8) is 0 Å². The van der Waals surface area contributed by atoms with E-state index in [1.54, 1.807) is 6.20 Å². The van der Waals surface area contributed by atoms with Crippen LogP contribution < -0.4 is 10.9 Å². The normalized spacial score (nSPS) is 14.6. The number of nitrogens with one attached hydrogen (secondary N) is 2. The molecule has 0 radical (unpaired) electrons. The van der Waals surface area contributed by atoms with Crippen LogP contribution in [0.2, 0.25) is 0 Å². The Kier molecular flexibility index (Phi) is 4.15. The molecular formula is C10H16ClN3O. The van der Waals surface area contributed by atoms with Gasteiger partial charge in [0.2, 0.25) is 0 Å². The third-order valence-electron chi connectivity index (χ3n) is 2.55. The van der Waals surface area contributed by atoms with Gasteiger partial charge < -0.3 is 10.3 Å². The maximum Gasteiger partial charge on any atom is 0.290 e. The Balaban J connectivity index is 2.84. The fourth-order valence-corrected chi connectivity index (χ4v) is 1.68. The molecular weight excluding hydrogens is 214 g/mol. The molecule has 1 rings (SSSR count). The first-order chi connectivity index (χ1) is 7.11. The average molecular weight is 230 g/mol. The SMILES string of the molecule is CCC(C)(CCCl)Nc1ncc[nH]c1=O. The minimum atomic E-state index is -0.202. The Morgan fingerprint density at radius 1 is 1.67 bits per heavy atom.